The highest BCUT2D eigenvalue weighted by molar-refractivity contribution is 5.92. The Kier molecular flexibility index (Phi) is 5.09. The van der Waals surface area contributed by atoms with E-state index in [0.29, 0.717) is 18.1 Å². The Bertz CT molecular complexity index is 402. The van der Waals surface area contributed by atoms with E-state index in [9.17, 15) is 4.79 Å². The molecule has 1 aliphatic heterocycles. The summed E-state index contributed by atoms with van der Waals surface area (Å²) in [5.74, 6) is 0.472. The molecule has 1 aromatic heterocycles. The highest BCUT2D eigenvalue weighted by atomic mass is 16.5. The van der Waals surface area contributed by atoms with Crippen LogP contribution in [0.3, 0.4) is 0 Å². The fourth-order valence-electron chi connectivity index (χ4n) is 1.99. The number of amides is 1. The van der Waals surface area contributed by atoms with Gasteiger partial charge in [-0.05, 0) is 38.3 Å². The number of nitrogens with one attached hydrogen (secondary N) is 2. The number of nitrogens with zero attached hydrogens (tertiary/aromatic N) is 2. The van der Waals surface area contributed by atoms with Gasteiger partial charge in [0.1, 0.15) is 5.82 Å². The maximum Gasteiger partial charge on any atom is 0.271 e. The number of hydrogen-bond donors (Lipinski definition) is 2. The predicted octanol–water partition coefficient (Wildman–Crippen LogP) is 1.21. The summed E-state index contributed by atoms with van der Waals surface area (Å²) in [6, 6.07) is 3.42. The van der Waals surface area contributed by atoms with Crippen LogP contribution < -0.4 is 10.6 Å². The van der Waals surface area contributed by atoms with Crippen molar-refractivity contribution in [1.29, 1.82) is 0 Å². The van der Waals surface area contributed by atoms with Crippen LogP contribution >= 0.6 is 0 Å². The van der Waals surface area contributed by atoms with E-state index in [0.717, 1.165) is 32.4 Å². The van der Waals surface area contributed by atoms with Gasteiger partial charge in [0.2, 0.25) is 0 Å². The fraction of sp³-hybridized carbons (Fsp3) is 0.615. The zero-order chi connectivity index (χ0) is 13.5. The number of ether oxygens (including phenoxy) is 1. The Morgan fingerprint density at radius 2 is 2.32 bits per heavy atom. The molecule has 0 aliphatic carbocycles. The molecule has 1 atom stereocenters. The van der Waals surface area contributed by atoms with Crippen molar-refractivity contribution in [1.82, 2.24) is 15.5 Å². The maximum absolute atomic E-state index is 11.9. The molecular formula is C13H20N4O2. The van der Waals surface area contributed by atoms with Crippen molar-refractivity contribution in [2.24, 2.45) is 0 Å². The molecule has 6 heteroatoms. The van der Waals surface area contributed by atoms with Gasteiger partial charge in [-0.1, -0.05) is 0 Å². The zero-order valence-corrected chi connectivity index (χ0v) is 11.2. The van der Waals surface area contributed by atoms with E-state index in [2.05, 4.69) is 20.8 Å². The van der Waals surface area contributed by atoms with Crippen LogP contribution in [0, 0.1) is 0 Å². The lowest BCUT2D eigenvalue weighted by atomic mass is 10.1. The van der Waals surface area contributed by atoms with E-state index in [1.54, 1.807) is 12.1 Å². The van der Waals surface area contributed by atoms with E-state index >= 15 is 0 Å². The predicted molar refractivity (Wildman–Crippen MR) is 72.1 cm³/mol. The van der Waals surface area contributed by atoms with Gasteiger partial charge in [0.15, 0.2) is 5.69 Å². The molecule has 0 spiro atoms. The number of rotatable bonds is 5. The summed E-state index contributed by atoms with van der Waals surface area (Å²) in [5, 5.41) is 13.7. The van der Waals surface area contributed by atoms with Gasteiger partial charge in [0.05, 0.1) is 6.10 Å². The van der Waals surface area contributed by atoms with Crippen molar-refractivity contribution in [2.75, 3.05) is 25.0 Å². The van der Waals surface area contributed by atoms with E-state index in [1.165, 1.54) is 0 Å². The standard InChI is InChI=1S/C13H20N4O2/c1-2-14-12-7-6-11(16-17-12)13(18)15-9-10-5-3-4-8-19-10/h6-7,10H,2-5,8-9H2,1H3,(H,14,17)(H,15,18). The largest absolute Gasteiger partial charge is 0.376 e. The van der Waals surface area contributed by atoms with Gasteiger partial charge in [0, 0.05) is 19.7 Å². The summed E-state index contributed by atoms with van der Waals surface area (Å²) in [7, 11) is 0. The molecule has 2 heterocycles. The Balaban J connectivity index is 1.81. The Hall–Kier alpha value is -1.69. The third kappa shape index (κ3) is 4.17. The third-order valence-electron chi connectivity index (χ3n) is 3.02. The van der Waals surface area contributed by atoms with Gasteiger partial charge >= 0.3 is 0 Å². The summed E-state index contributed by atoms with van der Waals surface area (Å²) < 4.78 is 5.55. The number of aromatic nitrogens is 2. The molecule has 1 saturated heterocycles. The van der Waals surface area contributed by atoms with Gasteiger partial charge < -0.3 is 15.4 Å². The molecule has 0 saturated carbocycles. The van der Waals surface area contributed by atoms with Crippen molar-refractivity contribution in [2.45, 2.75) is 32.3 Å². The monoisotopic (exact) mass is 264 g/mol. The average molecular weight is 264 g/mol. The summed E-state index contributed by atoms with van der Waals surface area (Å²) in [5.41, 5.74) is 0.331. The first-order chi connectivity index (χ1) is 9.29. The van der Waals surface area contributed by atoms with Crippen molar-refractivity contribution < 1.29 is 9.53 Å². The van der Waals surface area contributed by atoms with Gasteiger partial charge in [-0.25, -0.2) is 0 Å². The topological polar surface area (TPSA) is 76.1 Å². The minimum absolute atomic E-state index is 0.131. The average Bonchev–Trinajstić information content (AvgIpc) is 2.47. The van der Waals surface area contributed by atoms with Crippen molar-refractivity contribution >= 4 is 11.7 Å². The van der Waals surface area contributed by atoms with Crippen LogP contribution in [-0.4, -0.2) is 41.9 Å². The van der Waals surface area contributed by atoms with Crippen molar-refractivity contribution in [3.05, 3.63) is 17.8 Å². The maximum atomic E-state index is 11.9. The zero-order valence-electron chi connectivity index (χ0n) is 11.2. The molecule has 1 aromatic rings. The normalized spacial score (nSPS) is 18.9. The lowest BCUT2D eigenvalue weighted by Crippen LogP contribution is -2.35. The molecule has 0 aromatic carbocycles. The first-order valence-electron chi connectivity index (χ1n) is 6.77. The van der Waals surface area contributed by atoms with Crippen LogP contribution in [-0.2, 0) is 4.74 Å². The summed E-state index contributed by atoms with van der Waals surface area (Å²) in [6.07, 6.45) is 3.41. The van der Waals surface area contributed by atoms with Crippen LogP contribution in [0.5, 0.6) is 0 Å². The van der Waals surface area contributed by atoms with E-state index in [4.69, 9.17) is 4.74 Å². The van der Waals surface area contributed by atoms with Crippen molar-refractivity contribution in [3.63, 3.8) is 0 Å². The molecular weight excluding hydrogens is 244 g/mol. The van der Waals surface area contributed by atoms with Gasteiger partial charge in [-0.2, -0.15) is 0 Å². The van der Waals surface area contributed by atoms with Crippen LogP contribution in [0.1, 0.15) is 36.7 Å². The molecule has 6 nitrogen and oxygen atoms in total. The molecule has 1 amide bonds. The fourth-order valence-corrected chi connectivity index (χ4v) is 1.99. The van der Waals surface area contributed by atoms with Gasteiger partial charge in [-0.3, -0.25) is 4.79 Å². The Morgan fingerprint density at radius 3 is 2.95 bits per heavy atom. The summed E-state index contributed by atoms with van der Waals surface area (Å²) >= 11 is 0. The minimum Gasteiger partial charge on any atom is -0.376 e. The lowest BCUT2D eigenvalue weighted by Gasteiger charge is -2.22. The highest BCUT2D eigenvalue weighted by Gasteiger charge is 2.15. The van der Waals surface area contributed by atoms with Crippen molar-refractivity contribution in [3.8, 4) is 0 Å². The Morgan fingerprint density at radius 1 is 1.42 bits per heavy atom. The first-order valence-corrected chi connectivity index (χ1v) is 6.77. The SMILES string of the molecule is CCNc1ccc(C(=O)NCC2CCCCO2)nn1. The highest BCUT2D eigenvalue weighted by Crippen LogP contribution is 2.11. The minimum atomic E-state index is -0.204. The van der Waals surface area contributed by atoms with Gasteiger partial charge in [0.25, 0.3) is 5.91 Å². The summed E-state index contributed by atoms with van der Waals surface area (Å²) in [4.78, 5) is 11.9. The third-order valence-corrected chi connectivity index (χ3v) is 3.02. The Labute approximate surface area is 112 Å². The van der Waals surface area contributed by atoms with Gasteiger partial charge in [-0.15, -0.1) is 10.2 Å². The first kappa shape index (κ1) is 13.7. The van der Waals surface area contributed by atoms with Crippen LogP contribution in [0.2, 0.25) is 0 Å². The quantitative estimate of drug-likeness (QED) is 0.836. The number of anilines is 1. The second kappa shape index (κ2) is 7.04. The molecule has 104 valence electrons. The number of carbonyl (C=O) groups excluding carboxylic acids is 1. The molecule has 1 unspecified atom stereocenters. The molecule has 1 aliphatic rings. The number of carbonyl (C=O) groups is 1. The van der Waals surface area contributed by atoms with Crippen LogP contribution in [0.15, 0.2) is 12.1 Å². The van der Waals surface area contributed by atoms with E-state index < -0.39 is 0 Å². The second-order valence-corrected chi connectivity index (χ2v) is 4.53. The smallest absolute Gasteiger partial charge is 0.271 e. The number of hydrogen-bond acceptors (Lipinski definition) is 5. The molecule has 2 rings (SSSR count). The van der Waals surface area contributed by atoms with Crippen LogP contribution in [0.25, 0.3) is 0 Å². The molecule has 0 bridgehead atoms. The lowest BCUT2D eigenvalue weighted by molar-refractivity contribution is 0.0168. The van der Waals surface area contributed by atoms with Crippen LogP contribution in [0.4, 0.5) is 5.82 Å². The van der Waals surface area contributed by atoms with E-state index in [-0.39, 0.29) is 12.0 Å². The molecule has 1 fully saturated rings. The second-order valence-electron chi connectivity index (χ2n) is 4.53. The molecule has 2 N–H and O–H groups in total. The molecule has 0 radical (unpaired) electrons. The molecule has 19 heavy (non-hydrogen) atoms. The van der Waals surface area contributed by atoms with E-state index in [1.807, 2.05) is 6.92 Å². The summed E-state index contributed by atoms with van der Waals surface area (Å²) in [6.45, 7) is 4.08.